The quantitative estimate of drug-likeness (QED) is 0.210. The molecular formula is C22H38CuO4. The normalized spacial score (nSPS) is 10.4. The van der Waals surface area contributed by atoms with Crippen molar-refractivity contribution in [3.05, 3.63) is 24.3 Å². The molecule has 0 aromatic heterocycles. The van der Waals surface area contributed by atoms with Gasteiger partial charge in [-0.1, -0.05) is 90.2 Å². The Morgan fingerprint density at radius 1 is 0.593 bits per heavy atom. The van der Waals surface area contributed by atoms with Crippen LogP contribution in [-0.2, 0) is 26.7 Å². The average molecular weight is 430 g/mol. The summed E-state index contributed by atoms with van der Waals surface area (Å²) in [4.78, 5) is 20.0. The second-order valence-electron chi connectivity index (χ2n) is 6.56. The van der Waals surface area contributed by atoms with Crippen molar-refractivity contribution in [3.63, 3.8) is 0 Å². The van der Waals surface area contributed by atoms with Crippen molar-refractivity contribution < 1.29 is 36.9 Å². The topological polar surface area (TPSA) is 80.3 Å². The number of hydrogen-bond donors (Lipinski definition) is 0. The molecule has 5 heteroatoms. The number of allylic oxidation sites excluding steroid dienone is 2. The van der Waals surface area contributed by atoms with Crippen molar-refractivity contribution in [2.75, 3.05) is 0 Å². The fourth-order valence-corrected chi connectivity index (χ4v) is 2.44. The average Bonchev–Trinajstić information content (AvgIpc) is 2.60. The molecule has 0 amide bonds. The van der Waals surface area contributed by atoms with Crippen LogP contribution in [0.5, 0.6) is 0 Å². The van der Waals surface area contributed by atoms with Crippen molar-refractivity contribution in [2.45, 2.75) is 104 Å². The van der Waals surface area contributed by atoms with Crippen molar-refractivity contribution >= 4 is 11.9 Å². The third-order valence-corrected chi connectivity index (χ3v) is 3.96. The maximum atomic E-state index is 9.98. The molecule has 0 bridgehead atoms. The Labute approximate surface area is 177 Å². The minimum Gasteiger partial charge on any atom is -0.545 e. The second-order valence-corrected chi connectivity index (χ2v) is 6.56. The Morgan fingerprint density at radius 2 is 0.889 bits per heavy atom. The van der Waals surface area contributed by atoms with Crippen LogP contribution in [-0.4, -0.2) is 11.9 Å². The molecule has 0 heterocycles. The van der Waals surface area contributed by atoms with E-state index in [-0.39, 0.29) is 17.1 Å². The Balaban J connectivity index is -0.000000411. The fourth-order valence-electron chi connectivity index (χ4n) is 2.44. The second kappa shape index (κ2) is 27.2. The van der Waals surface area contributed by atoms with E-state index < -0.39 is 11.9 Å². The van der Waals surface area contributed by atoms with Gasteiger partial charge in [0.1, 0.15) is 0 Å². The van der Waals surface area contributed by atoms with Gasteiger partial charge < -0.3 is 19.8 Å². The predicted octanol–water partition coefficient (Wildman–Crippen LogP) is 4.08. The van der Waals surface area contributed by atoms with E-state index in [1.807, 2.05) is 0 Å². The van der Waals surface area contributed by atoms with Gasteiger partial charge in [-0.15, -0.1) is 0 Å². The number of rotatable bonds is 16. The van der Waals surface area contributed by atoms with Gasteiger partial charge >= 0.3 is 17.1 Å². The molecule has 27 heavy (non-hydrogen) atoms. The van der Waals surface area contributed by atoms with E-state index >= 15 is 0 Å². The Morgan fingerprint density at radius 3 is 1.19 bits per heavy atom. The molecule has 0 fully saturated rings. The Bertz CT molecular complexity index is 343. The number of aliphatic carboxylic acids is 2. The van der Waals surface area contributed by atoms with E-state index in [2.05, 4.69) is 13.8 Å². The first-order chi connectivity index (χ1) is 12.5. The standard InChI is InChI=1S/2C11H20O2.Cu/c2*1-2-3-4-5-6-7-8-9-10-11(12)13;/h2*9-10H,2-8H2,1H3,(H,12,13);/q;;+2/p-2/b2*10-9+;. The van der Waals surface area contributed by atoms with Crippen molar-refractivity contribution in [2.24, 2.45) is 0 Å². The van der Waals surface area contributed by atoms with Gasteiger partial charge in [0.2, 0.25) is 0 Å². The monoisotopic (exact) mass is 429 g/mol. The molecule has 0 atom stereocenters. The summed E-state index contributed by atoms with van der Waals surface area (Å²) >= 11 is 0. The number of carboxylic acid groups (broad SMARTS) is 2. The summed E-state index contributed by atoms with van der Waals surface area (Å²) < 4.78 is 0. The molecular weight excluding hydrogens is 392 g/mol. The van der Waals surface area contributed by atoms with Gasteiger partial charge in [0.15, 0.2) is 0 Å². The van der Waals surface area contributed by atoms with Gasteiger partial charge in [0.05, 0.1) is 11.9 Å². The van der Waals surface area contributed by atoms with Crippen molar-refractivity contribution in [3.8, 4) is 0 Å². The molecule has 0 saturated carbocycles. The molecule has 1 radical (unpaired) electrons. The van der Waals surface area contributed by atoms with Crippen LogP contribution in [0, 0.1) is 0 Å². The van der Waals surface area contributed by atoms with Gasteiger partial charge in [-0.25, -0.2) is 0 Å². The van der Waals surface area contributed by atoms with Crippen LogP contribution in [0.4, 0.5) is 0 Å². The third-order valence-electron chi connectivity index (χ3n) is 3.96. The molecule has 0 unspecified atom stereocenters. The minimum atomic E-state index is -1.09. The van der Waals surface area contributed by atoms with E-state index in [0.717, 1.165) is 37.8 Å². The molecule has 0 spiro atoms. The molecule has 0 saturated heterocycles. The predicted molar refractivity (Wildman–Crippen MR) is 104 cm³/mol. The van der Waals surface area contributed by atoms with E-state index in [1.54, 1.807) is 12.2 Å². The van der Waals surface area contributed by atoms with Crippen LogP contribution in [0.3, 0.4) is 0 Å². The summed E-state index contributed by atoms with van der Waals surface area (Å²) in [5.41, 5.74) is 0. The summed E-state index contributed by atoms with van der Waals surface area (Å²) in [5, 5.41) is 20.0. The van der Waals surface area contributed by atoms with Crippen LogP contribution >= 0.6 is 0 Å². The van der Waals surface area contributed by atoms with Crippen molar-refractivity contribution in [1.82, 2.24) is 0 Å². The summed E-state index contributed by atoms with van der Waals surface area (Å²) in [6.07, 6.45) is 22.2. The van der Waals surface area contributed by atoms with E-state index in [0.29, 0.717) is 0 Å². The largest absolute Gasteiger partial charge is 2.00 e. The minimum absolute atomic E-state index is 0. The molecule has 0 aromatic rings. The zero-order valence-electron chi connectivity index (χ0n) is 17.1. The van der Waals surface area contributed by atoms with Crippen LogP contribution in [0.15, 0.2) is 24.3 Å². The first kappa shape index (κ1) is 30.7. The van der Waals surface area contributed by atoms with Gasteiger partial charge in [0, 0.05) is 0 Å². The zero-order valence-corrected chi connectivity index (χ0v) is 18.1. The molecule has 161 valence electrons. The number of unbranched alkanes of at least 4 members (excludes halogenated alkanes) is 12. The molecule has 0 rings (SSSR count). The van der Waals surface area contributed by atoms with Crippen molar-refractivity contribution in [1.29, 1.82) is 0 Å². The molecule has 0 N–H and O–H groups in total. The smallest absolute Gasteiger partial charge is 0.545 e. The van der Waals surface area contributed by atoms with Crippen LogP contribution < -0.4 is 10.2 Å². The van der Waals surface area contributed by atoms with E-state index in [4.69, 9.17) is 0 Å². The summed E-state index contributed by atoms with van der Waals surface area (Å²) in [6, 6.07) is 0. The number of carbonyl (C=O) groups excluding carboxylic acids is 2. The zero-order chi connectivity index (χ0) is 19.9. The molecule has 0 aromatic carbocycles. The van der Waals surface area contributed by atoms with Crippen LogP contribution in [0.1, 0.15) is 104 Å². The first-order valence-electron chi connectivity index (χ1n) is 10.3. The Kier molecular flexibility index (Phi) is 30.8. The molecule has 4 nitrogen and oxygen atoms in total. The fraction of sp³-hybridized carbons (Fsp3) is 0.727. The van der Waals surface area contributed by atoms with E-state index in [1.165, 1.54) is 64.2 Å². The third kappa shape index (κ3) is 36.6. The van der Waals surface area contributed by atoms with Crippen LogP contribution in [0.25, 0.3) is 0 Å². The van der Waals surface area contributed by atoms with Gasteiger partial charge in [-0.05, 0) is 37.8 Å². The summed E-state index contributed by atoms with van der Waals surface area (Å²) in [7, 11) is 0. The SMILES string of the molecule is CCCCCCCC/C=C/C(=O)[O-].CCCCCCCC/C=C/C(=O)[O-].[Cu+2]. The maximum absolute atomic E-state index is 9.98. The number of carbonyl (C=O) groups is 2. The van der Waals surface area contributed by atoms with E-state index in [9.17, 15) is 19.8 Å². The van der Waals surface area contributed by atoms with Crippen LogP contribution in [0.2, 0.25) is 0 Å². The van der Waals surface area contributed by atoms with Gasteiger partial charge in [0.25, 0.3) is 0 Å². The van der Waals surface area contributed by atoms with Gasteiger partial charge in [-0.3, -0.25) is 0 Å². The number of carboxylic acids is 2. The van der Waals surface area contributed by atoms with Gasteiger partial charge in [-0.2, -0.15) is 0 Å². The maximum Gasteiger partial charge on any atom is 2.00 e. The Hall–Kier alpha value is -1.06. The summed E-state index contributed by atoms with van der Waals surface area (Å²) in [6.45, 7) is 4.39. The summed E-state index contributed by atoms with van der Waals surface area (Å²) in [5.74, 6) is -2.18. The molecule has 0 aliphatic heterocycles. The molecule has 0 aliphatic carbocycles. The first-order valence-corrected chi connectivity index (χ1v) is 10.3. The molecule has 0 aliphatic rings. The number of hydrogen-bond acceptors (Lipinski definition) is 4.